The zero-order chi connectivity index (χ0) is 26.3. The fraction of sp³-hybridized carbons (Fsp3) is 0.192. The molecule has 0 aliphatic heterocycles. The lowest BCUT2D eigenvalue weighted by Gasteiger charge is -2.17. The second-order valence-electron chi connectivity index (χ2n) is 7.69. The van der Waals surface area contributed by atoms with Crippen LogP contribution < -0.4 is 9.47 Å². The number of amides is 1. The third-order valence-electron chi connectivity index (χ3n) is 5.01. The number of ketones is 1. The monoisotopic (exact) mass is 516 g/mol. The van der Waals surface area contributed by atoms with Crippen molar-refractivity contribution in [1.82, 2.24) is 4.90 Å². The summed E-state index contributed by atoms with van der Waals surface area (Å²) in [5.74, 6) is -0.526. The first-order valence-corrected chi connectivity index (χ1v) is 11.0. The number of carbonyl (C=O) groups is 2. The summed E-state index contributed by atoms with van der Waals surface area (Å²) >= 11 is 5.90. The average Bonchev–Trinajstić information content (AvgIpc) is 2.84. The van der Waals surface area contributed by atoms with Crippen LogP contribution >= 0.6 is 11.6 Å². The topological polar surface area (TPSA) is 79.6 Å². The Hall–Kier alpha value is -4.03. The zero-order valence-corrected chi connectivity index (χ0v) is 19.7. The van der Waals surface area contributed by atoms with Crippen LogP contribution in [0.3, 0.4) is 0 Å². The lowest BCUT2D eigenvalue weighted by molar-refractivity contribution is -0.138. The van der Waals surface area contributed by atoms with Crippen LogP contribution in [-0.2, 0) is 22.3 Å². The number of halogens is 4. The smallest absolute Gasteiger partial charge is 0.416 e. The first-order chi connectivity index (χ1) is 17.1. The quantitative estimate of drug-likeness (QED) is 0.187. The highest BCUT2D eigenvalue weighted by atomic mass is 35.5. The molecule has 0 aromatic heterocycles. The maximum absolute atomic E-state index is 12.8. The molecule has 0 fully saturated rings. The Balaban J connectivity index is 1.55. The van der Waals surface area contributed by atoms with Crippen molar-refractivity contribution in [2.75, 3.05) is 0 Å². The molecule has 0 radical (unpaired) electrons. The van der Waals surface area contributed by atoms with E-state index in [0.717, 1.165) is 28.7 Å². The standard InChI is InChI=1S/C26H20ClF3N2O4/c1-17(23(33)14-25(34)32(16-31)15-18-5-3-2-4-6-18)35-20-8-10-21(11-9-20)36-24-12-7-19(13-22(24)27)26(28,29)30/h2-13,17H,14-15H2,1H3. The predicted molar refractivity (Wildman–Crippen MR) is 125 cm³/mol. The fourth-order valence-electron chi connectivity index (χ4n) is 3.08. The van der Waals surface area contributed by atoms with Gasteiger partial charge in [0.25, 0.3) is 0 Å². The van der Waals surface area contributed by atoms with Crippen LogP contribution in [0.5, 0.6) is 17.2 Å². The molecule has 0 spiro atoms. The van der Waals surface area contributed by atoms with E-state index in [0.29, 0.717) is 5.75 Å². The zero-order valence-electron chi connectivity index (χ0n) is 19.0. The van der Waals surface area contributed by atoms with E-state index in [-0.39, 0.29) is 23.1 Å². The molecular formula is C26H20ClF3N2O4. The highest BCUT2D eigenvalue weighted by Gasteiger charge is 2.31. The lowest BCUT2D eigenvalue weighted by atomic mass is 10.1. The number of nitrogens with zero attached hydrogens (tertiary/aromatic N) is 2. The van der Waals surface area contributed by atoms with Crippen LogP contribution in [0.4, 0.5) is 13.2 Å². The Morgan fingerprint density at radius 3 is 2.25 bits per heavy atom. The van der Waals surface area contributed by atoms with Gasteiger partial charge in [0.15, 0.2) is 18.1 Å². The molecule has 0 saturated heterocycles. The lowest BCUT2D eigenvalue weighted by Crippen LogP contribution is -2.32. The molecule has 1 atom stereocenters. The molecular weight excluding hydrogens is 497 g/mol. The minimum absolute atomic E-state index is 0.0398. The van der Waals surface area contributed by atoms with E-state index in [1.165, 1.54) is 31.2 Å². The number of hydrogen-bond donors (Lipinski definition) is 0. The summed E-state index contributed by atoms with van der Waals surface area (Å²) in [6, 6.07) is 17.6. The first kappa shape index (κ1) is 26.6. The molecule has 0 N–H and O–H groups in total. The number of ether oxygens (including phenoxy) is 2. The second-order valence-corrected chi connectivity index (χ2v) is 8.09. The Morgan fingerprint density at radius 2 is 1.67 bits per heavy atom. The average molecular weight is 517 g/mol. The molecule has 3 aromatic rings. The SMILES string of the molecule is CC(Oc1ccc(Oc2ccc(C(F)(F)F)cc2Cl)cc1)C(=O)CC(=O)N(C#N)Cc1ccccc1. The Morgan fingerprint density at radius 1 is 1.03 bits per heavy atom. The van der Waals surface area contributed by atoms with Crippen molar-refractivity contribution >= 4 is 23.3 Å². The number of rotatable bonds is 9. The first-order valence-electron chi connectivity index (χ1n) is 10.6. The van der Waals surface area contributed by atoms with Gasteiger partial charge in [-0.1, -0.05) is 41.9 Å². The molecule has 3 aromatic carbocycles. The normalized spacial score (nSPS) is 11.8. The van der Waals surface area contributed by atoms with E-state index in [4.69, 9.17) is 21.1 Å². The maximum atomic E-state index is 12.8. The van der Waals surface area contributed by atoms with Gasteiger partial charge in [-0.05, 0) is 55.0 Å². The minimum atomic E-state index is -4.52. The van der Waals surface area contributed by atoms with Gasteiger partial charge in [0.2, 0.25) is 5.91 Å². The summed E-state index contributed by atoms with van der Waals surface area (Å²) in [4.78, 5) is 25.8. The van der Waals surface area contributed by atoms with Crippen LogP contribution in [0.2, 0.25) is 5.02 Å². The van der Waals surface area contributed by atoms with E-state index in [1.54, 1.807) is 30.5 Å². The molecule has 0 aliphatic rings. The highest BCUT2D eigenvalue weighted by molar-refractivity contribution is 6.32. The molecule has 0 bridgehead atoms. The van der Waals surface area contributed by atoms with Crippen LogP contribution in [-0.4, -0.2) is 22.7 Å². The van der Waals surface area contributed by atoms with Gasteiger partial charge in [0.1, 0.15) is 17.2 Å². The fourth-order valence-corrected chi connectivity index (χ4v) is 3.30. The van der Waals surface area contributed by atoms with E-state index in [2.05, 4.69) is 0 Å². The third-order valence-corrected chi connectivity index (χ3v) is 5.30. The van der Waals surface area contributed by atoms with Crippen molar-refractivity contribution in [2.24, 2.45) is 0 Å². The molecule has 186 valence electrons. The summed E-state index contributed by atoms with van der Waals surface area (Å²) in [7, 11) is 0. The van der Waals surface area contributed by atoms with Crippen molar-refractivity contribution in [3.05, 3.63) is 88.9 Å². The van der Waals surface area contributed by atoms with Crippen LogP contribution in [0.1, 0.15) is 24.5 Å². The van der Waals surface area contributed by atoms with Crippen LogP contribution in [0.25, 0.3) is 0 Å². The van der Waals surface area contributed by atoms with Crippen molar-refractivity contribution in [3.8, 4) is 23.4 Å². The van der Waals surface area contributed by atoms with Crippen molar-refractivity contribution < 1.29 is 32.2 Å². The molecule has 1 amide bonds. The van der Waals surface area contributed by atoms with E-state index < -0.39 is 36.0 Å². The van der Waals surface area contributed by atoms with Crippen molar-refractivity contribution in [1.29, 1.82) is 5.26 Å². The summed E-state index contributed by atoms with van der Waals surface area (Å²) in [6.07, 6.45) is -4.20. The van der Waals surface area contributed by atoms with Gasteiger partial charge < -0.3 is 9.47 Å². The Kier molecular flexibility index (Phi) is 8.56. The van der Waals surface area contributed by atoms with Gasteiger partial charge in [-0.3, -0.25) is 9.59 Å². The molecule has 0 heterocycles. The van der Waals surface area contributed by atoms with Crippen molar-refractivity contribution in [2.45, 2.75) is 32.2 Å². The van der Waals surface area contributed by atoms with E-state index in [1.807, 2.05) is 6.07 Å². The molecule has 6 nitrogen and oxygen atoms in total. The van der Waals surface area contributed by atoms with E-state index in [9.17, 15) is 28.0 Å². The highest BCUT2D eigenvalue weighted by Crippen LogP contribution is 2.36. The summed E-state index contributed by atoms with van der Waals surface area (Å²) in [5, 5.41) is 9.08. The van der Waals surface area contributed by atoms with Crippen LogP contribution in [0.15, 0.2) is 72.8 Å². The van der Waals surface area contributed by atoms with Crippen LogP contribution in [0, 0.1) is 11.5 Å². The number of alkyl halides is 3. The van der Waals surface area contributed by atoms with Gasteiger partial charge in [0.05, 0.1) is 23.6 Å². The van der Waals surface area contributed by atoms with E-state index >= 15 is 0 Å². The maximum Gasteiger partial charge on any atom is 0.416 e. The van der Waals surface area contributed by atoms with Gasteiger partial charge >= 0.3 is 6.18 Å². The molecule has 36 heavy (non-hydrogen) atoms. The molecule has 3 rings (SSSR count). The molecule has 1 unspecified atom stereocenters. The summed E-state index contributed by atoms with van der Waals surface area (Å²) in [6.45, 7) is 1.54. The Bertz CT molecular complexity index is 1260. The number of hydrogen-bond acceptors (Lipinski definition) is 5. The second kappa shape index (κ2) is 11.6. The number of Topliss-reactive ketones (excluding diaryl/α,β-unsaturated/α-hetero) is 1. The number of nitriles is 1. The Labute approximate surface area is 210 Å². The molecule has 0 saturated carbocycles. The van der Waals surface area contributed by atoms with Gasteiger partial charge in [0, 0.05) is 0 Å². The van der Waals surface area contributed by atoms with Gasteiger partial charge in [-0.25, -0.2) is 4.90 Å². The van der Waals surface area contributed by atoms with Crippen molar-refractivity contribution in [3.63, 3.8) is 0 Å². The summed E-state index contributed by atoms with van der Waals surface area (Å²) < 4.78 is 49.4. The molecule has 10 heteroatoms. The minimum Gasteiger partial charge on any atom is -0.483 e. The van der Waals surface area contributed by atoms with Gasteiger partial charge in [-0.15, -0.1) is 0 Å². The summed E-state index contributed by atoms with van der Waals surface area (Å²) in [5.41, 5.74) is -0.136. The molecule has 0 aliphatic carbocycles. The number of carbonyl (C=O) groups excluding carboxylic acids is 2. The van der Waals surface area contributed by atoms with Gasteiger partial charge in [-0.2, -0.15) is 18.4 Å². The predicted octanol–water partition coefficient (Wildman–Crippen LogP) is 6.39. The third kappa shape index (κ3) is 7.23. The largest absolute Gasteiger partial charge is 0.483 e. The number of benzene rings is 3.